The Kier molecular flexibility index (Phi) is 4.67. The molecule has 0 saturated heterocycles. The van der Waals surface area contributed by atoms with Gasteiger partial charge in [-0.1, -0.05) is 29.3 Å². The third-order valence-corrected chi connectivity index (χ3v) is 5.29. The van der Waals surface area contributed by atoms with E-state index in [1.165, 1.54) is 6.08 Å². The summed E-state index contributed by atoms with van der Waals surface area (Å²) in [5.41, 5.74) is 0.905. The Bertz CT molecular complexity index is 891. The van der Waals surface area contributed by atoms with E-state index >= 15 is 0 Å². The van der Waals surface area contributed by atoms with Crippen molar-refractivity contribution in [1.29, 1.82) is 0 Å². The summed E-state index contributed by atoms with van der Waals surface area (Å²) in [7, 11) is -3.54. The van der Waals surface area contributed by atoms with E-state index in [4.69, 9.17) is 23.2 Å². The summed E-state index contributed by atoms with van der Waals surface area (Å²) >= 11 is 11.9. The Hall–Kier alpha value is -1.83. The van der Waals surface area contributed by atoms with Crippen molar-refractivity contribution in [1.82, 2.24) is 10.2 Å². The van der Waals surface area contributed by atoms with Crippen molar-refractivity contribution in [2.75, 3.05) is 12.3 Å². The highest BCUT2D eigenvalue weighted by Gasteiger charge is 2.29. The van der Waals surface area contributed by atoms with Crippen LogP contribution >= 0.6 is 23.2 Å². The molecule has 6 nitrogen and oxygen atoms in total. The number of amidine groups is 1. The van der Waals surface area contributed by atoms with Crippen molar-refractivity contribution >= 4 is 45.0 Å². The van der Waals surface area contributed by atoms with Gasteiger partial charge in [-0.3, -0.25) is 4.79 Å². The Morgan fingerprint density at radius 2 is 2.12 bits per heavy atom. The number of benzene rings is 1. The minimum atomic E-state index is -3.54. The number of hydrogen-bond acceptors (Lipinski definition) is 4. The van der Waals surface area contributed by atoms with E-state index in [1.54, 1.807) is 35.4 Å². The minimum Gasteiger partial charge on any atom is -0.348 e. The molecular weight excluding hydrogens is 373 g/mol. The summed E-state index contributed by atoms with van der Waals surface area (Å²) < 4.78 is 27.1. The van der Waals surface area contributed by atoms with Crippen LogP contribution in [0.4, 0.5) is 0 Å². The van der Waals surface area contributed by atoms with E-state index in [1.807, 2.05) is 0 Å². The second-order valence-corrected chi connectivity index (χ2v) is 7.83. The topological polar surface area (TPSA) is 78.8 Å². The molecule has 0 spiro atoms. The Balaban J connectivity index is 1.78. The number of nitrogens with zero attached hydrogens (tertiary/aromatic N) is 2. The predicted molar refractivity (Wildman–Crippen MR) is 93.5 cm³/mol. The molecule has 0 aliphatic carbocycles. The molecule has 0 atom stereocenters. The molecule has 9 heteroatoms. The average molecular weight is 386 g/mol. The molecule has 1 N–H and O–H groups in total. The van der Waals surface area contributed by atoms with Crippen molar-refractivity contribution in [3.8, 4) is 0 Å². The van der Waals surface area contributed by atoms with E-state index in [9.17, 15) is 13.2 Å². The van der Waals surface area contributed by atoms with Crippen LogP contribution in [0.1, 0.15) is 5.56 Å². The highest BCUT2D eigenvalue weighted by molar-refractivity contribution is 7.90. The van der Waals surface area contributed by atoms with E-state index < -0.39 is 15.9 Å². The lowest BCUT2D eigenvalue weighted by atomic mass is 10.1. The first-order valence-corrected chi connectivity index (χ1v) is 9.42. The fraction of sp³-hybridized carbons (Fsp3) is 0.200. The fourth-order valence-electron chi connectivity index (χ4n) is 2.33. The first kappa shape index (κ1) is 17.0. The van der Waals surface area contributed by atoms with Gasteiger partial charge in [-0.25, -0.2) is 8.42 Å². The minimum absolute atomic E-state index is 0.0733. The van der Waals surface area contributed by atoms with Crippen molar-refractivity contribution in [2.45, 2.75) is 6.54 Å². The molecule has 0 fully saturated rings. The first-order valence-electron chi connectivity index (χ1n) is 7.06. The Morgan fingerprint density at radius 1 is 1.33 bits per heavy atom. The van der Waals surface area contributed by atoms with E-state index in [2.05, 4.69) is 9.71 Å². The number of rotatable bonds is 3. The van der Waals surface area contributed by atoms with Crippen molar-refractivity contribution in [2.24, 2.45) is 4.40 Å². The zero-order chi connectivity index (χ0) is 17.3. The molecule has 2 aliphatic rings. The molecule has 0 aromatic heterocycles. The van der Waals surface area contributed by atoms with Crippen LogP contribution in [0.5, 0.6) is 0 Å². The number of halogens is 2. The van der Waals surface area contributed by atoms with Gasteiger partial charge >= 0.3 is 0 Å². The fourth-order valence-corrected chi connectivity index (χ4v) is 3.79. The van der Waals surface area contributed by atoms with Crippen LogP contribution in [0, 0.1) is 0 Å². The standard InChI is InChI=1S/C15H13Cl2N3O3S/c16-11-4-3-10(13(17)8-11)9-18-15(21)12-2-1-5-20-6-7-24(22,23)19-14(12)20/h1-5,8H,6-7,9H2,(H,18,21). The van der Waals surface area contributed by atoms with Crippen molar-refractivity contribution < 1.29 is 13.2 Å². The smallest absolute Gasteiger partial charge is 0.256 e. The van der Waals surface area contributed by atoms with Gasteiger partial charge in [0.05, 0.1) is 11.3 Å². The molecule has 0 bridgehead atoms. The number of carbonyl (C=O) groups is 1. The van der Waals surface area contributed by atoms with Gasteiger partial charge in [0.2, 0.25) is 0 Å². The first-order chi connectivity index (χ1) is 11.4. The van der Waals surface area contributed by atoms with Crippen LogP contribution in [-0.4, -0.2) is 37.4 Å². The third kappa shape index (κ3) is 3.63. The molecule has 2 heterocycles. The number of sulfonamides is 1. The van der Waals surface area contributed by atoms with Crippen molar-refractivity contribution in [3.63, 3.8) is 0 Å². The number of nitrogens with one attached hydrogen (secondary N) is 1. The molecule has 1 aromatic rings. The van der Waals surface area contributed by atoms with Crippen LogP contribution in [0.3, 0.4) is 0 Å². The predicted octanol–water partition coefficient (Wildman–Crippen LogP) is 2.11. The maximum Gasteiger partial charge on any atom is 0.256 e. The zero-order valence-electron chi connectivity index (χ0n) is 12.4. The van der Waals surface area contributed by atoms with Crippen LogP contribution in [0.2, 0.25) is 10.0 Å². The quantitative estimate of drug-likeness (QED) is 0.863. The molecule has 0 unspecified atom stereocenters. The summed E-state index contributed by atoms with van der Waals surface area (Å²) in [6, 6.07) is 4.98. The molecular formula is C15H13Cl2N3O3S. The zero-order valence-corrected chi connectivity index (χ0v) is 14.7. The number of amides is 1. The molecule has 24 heavy (non-hydrogen) atoms. The van der Waals surface area contributed by atoms with Crippen molar-refractivity contribution in [3.05, 3.63) is 57.7 Å². The van der Waals surface area contributed by atoms with Gasteiger partial charge in [0.1, 0.15) is 0 Å². The highest BCUT2D eigenvalue weighted by Crippen LogP contribution is 2.21. The summed E-state index contributed by atoms with van der Waals surface area (Å²) in [4.78, 5) is 14.1. The van der Waals surface area contributed by atoms with Gasteiger partial charge in [-0.05, 0) is 29.8 Å². The second kappa shape index (κ2) is 6.58. The van der Waals surface area contributed by atoms with Gasteiger partial charge < -0.3 is 10.2 Å². The number of hydrogen-bond donors (Lipinski definition) is 1. The number of carbonyl (C=O) groups excluding carboxylic acids is 1. The molecule has 3 rings (SSSR count). The normalized spacial score (nSPS) is 18.5. The van der Waals surface area contributed by atoms with Crippen LogP contribution in [-0.2, 0) is 21.4 Å². The lowest BCUT2D eigenvalue weighted by molar-refractivity contribution is -0.117. The molecule has 2 aliphatic heterocycles. The monoisotopic (exact) mass is 385 g/mol. The second-order valence-electron chi connectivity index (χ2n) is 5.23. The number of allylic oxidation sites excluding steroid dienone is 2. The summed E-state index contributed by atoms with van der Waals surface area (Å²) in [6.07, 6.45) is 4.91. The SMILES string of the molecule is O=C(NCc1ccc(Cl)cc1Cl)C1=CC=CN2CCS(=O)(=O)N=C12. The molecule has 0 saturated carbocycles. The highest BCUT2D eigenvalue weighted by atomic mass is 35.5. The summed E-state index contributed by atoms with van der Waals surface area (Å²) in [5, 5.41) is 3.67. The molecule has 1 amide bonds. The molecule has 126 valence electrons. The average Bonchev–Trinajstić information content (AvgIpc) is 2.52. The maximum atomic E-state index is 12.4. The van der Waals surface area contributed by atoms with Gasteiger partial charge in [0.15, 0.2) is 5.84 Å². The number of fused-ring (bicyclic) bond motifs is 1. The largest absolute Gasteiger partial charge is 0.348 e. The summed E-state index contributed by atoms with van der Waals surface area (Å²) in [5.74, 6) is -0.356. The van der Waals surface area contributed by atoms with Gasteiger partial charge in [0, 0.05) is 29.3 Å². The van der Waals surface area contributed by atoms with E-state index in [0.717, 1.165) is 0 Å². The lowest BCUT2D eigenvalue weighted by Crippen LogP contribution is -2.42. The van der Waals surface area contributed by atoms with Crippen LogP contribution in [0.25, 0.3) is 0 Å². The van der Waals surface area contributed by atoms with Gasteiger partial charge in [-0.2, -0.15) is 0 Å². The third-order valence-electron chi connectivity index (χ3n) is 3.56. The van der Waals surface area contributed by atoms with E-state index in [0.29, 0.717) is 15.6 Å². The lowest BCUT2D eigenvalue weighted by Gasteiger charge is -2.28. The van der Waals surface area contributed by atoms with E-state index in [-0.39, 0.29) is 30.3 Å². The molecule has 0 radical (unpaired) electrons. The van der Waals surface area contributed by atoms with Gasteiger partial charge in [0.25, 0.3) is 15.9 Å². The Morgan fingerprint density at radius 3 is 2.88 bits per heavy atom. The Labute approximate surface area is 149 Å². The summed E-state index contributed by atoms with van der Waals surface area (Å²) in [6.45, 7) is 0.460. The van der Waals surface area contributed by atoms with Crippen LogP contribution in [0.15, 0.2) is 46.5 Å². The van der Waals surface area contributed by atoms with Gasteiger partial charge in [-0.15, -0.1) is 4.40 Å². The molecule has 1 aromatic carbocycles. The maximum absolute atomic E-state index is 12.4. The van der Waals surface area contributed by atoms with Crippen LogP contribution < -0.4 is 5.32 Å².